The van der Waals surface area contributed by atoms with E-state index in [9.17, 15) is 9.18 Å². The maximum atomic E-state index is 13.0. The van der Waals surface area contributed by atoms with Gasteiger partial charge in [-0.1, -0.05) is 12.8 Å². The highest BCUT2D eigenvalue weighted by Gasteiger charge is 2.32. The fourth-order valence-corrected chi connectivity index (χ4v) is 4.03. The number of carbonyl (C=O) groups excluding carboxylic acids is 1. The topological polar surface area (TPSA) is 66.0 Å². The molecule has 1 saturated heterocycles. The van der Waals surface area contributed by atoms with E-state index in [1.54, 1.807) is 12.1 Å². The van der Waals surface area contributed by atoms with Gasteiger partial charge in [-0.25, -0.2) is 9.38 Å². The molecule has 2 unspecified atom stereocenters. The van der Waals surface area contributed by atoms with Crippen LogP contribution in [0.3, 0.4) is 0 Å². The van der Waals surface area contributed by atoms with Crippen LogP contribution in [-0.2, 0) is 4.79 Å². The van der Waals surface area contributed by atoms with Crippen LogP contribution >= 0.6 is 24.0 Å². The lowest BCUT2D eigenvalue weighted by molar-refractivity contribution is -0.134. The standard InChI is InChI=1S/C22H33FN4O2.HI/c1-3-24-22(25-14-16(2)29-20-10-8-18(23)9-11-20)26-19-12-13-27(15-19)21(28)17-6-4-5-7-17;/h8-11,16-17,19H,3-7,12-15H2,1-2H3,(H2,24,25,26);1H. The van der Waals surface area contributed by atoms with Gasteiger partial charge in [0.05, 0.1) is 6.54 Å². The normalized spacial score (nSPS) is 20.6. The van der Waals surface area contributed by atoms with Gasteiger partial charge >= 0.3 is 0 Å². The summed E-state index contributed by atoms with van der Waals surface area (Å²) in [6.45, 7) is 6.76. The first kappa shape index (κ1) is 24.7. The van der Waals surface area contributed by atoms with Gasteiger partial charge in [0, 0.05) is 31.6 Å². The largest absolute Gasteiger partial charge is 0.489 e. The van der Waals surface area contributed by atoms with Gasteiger partial charge < -0.3 is 20.3 Å². The Morgan fingerprint density at radius 2 is 1.97 bits per heavy atom. The van der Waals surface area contributed by atoms with E-state index >= 15 is 0 Å². The molecule has 2 fully saturated rings. The number of likely N-dealkylation sites (tertiary alicyclic amines) is 1. The van der Waals surface area contributed by atoms with E-state index < -0.39 is 0 Å². The van der Waals surface area contributed by atoms with E-state index in [0.29, 0.717) is 18.2 Å². The van der Waals surface area contributed by atoms with Crippen molar-refractivity contribution in [3.63, 3.8) is 0 Å². The molecule has 0 spiro atoms. The van der Waals surface area contributed by atoms with Crippen LogP contribution in [0.2, 0.25) is 0 Å². The van der Waals surface area contributed by atoms with Gasteiger partial charge in [-0.2, -0.15) is 0 Å². The second-order valence-electron chi connectivity index (χ2n) is 8.00. The van der Waals surface area contributed by atoms with E-state index in [1.165, 1.54) is 25.0 Å². The number of guanidine groups is 1. The van der Waals surface area contributed by atoms with Crippen molar-refractivity contribution < 1.29 is 13.9 Å². The molecule has 1 aliphatic heterocycles. The van der Waals surface area contributed by atoms with E-state index in [4.69, 9.17) is 4.74 Å². The molecule has 6 nitrogen and oxygen atoms in total. The second kappa shape index (κ2) is 12.3. The van der Waals surface area contributed by atoms with E-state index in [2.05, 4.69) is 15.6 Å². The molecule has 2 N–H and O–H groups in total. The van der Waals surface area contributed by atoms with Crippen molar-refractivity contribution in [1.29, 1.82) is 0 Å². The molecule has 3 rings (SSSR count). The first-order valence-corrected chi connectivity index (χ1v) is 10.8. The van der Waals surface area contributed by atoms with Crippen LogP contribution in [0.5, 0.6) is 5.75 Å². The summed E-state index contributed by atoms with van der Waals surface area (Å²) in [4.78, 5) is 19.3. The highest BCUT2D eigenvalue weighted by atomic mass is 127. The van der Waals surface area contributed by atoms with Crippen LogP contribution in [0.1, 0.15) is 46.0 Å². The Balaban J connectivity index is 0.00000320. The number of benzene rings is 1. The van der Waals surface area contributed by atoms with Gasteiger partial charge in [0.1, 0.15) is 17.7 Å². The van der Waals surface area contributed by atoms with Crippen LogP contribution in [-0.4, -0.2) is 55.1 Å². The third-order valence-electron chi connectivity index (χ3n) is 5.55. The zero-order chi connectivity index (χ0) is 20.6. The SMILES string of the molecule is CCNC(=NCC(C)Oc1ccc(F)cc1)NC1CCN(C(=O)C2CCCC2)C1.I. The van der Waals surface area contributed by atoms with Crippen molar-refractivity contribution in [3.8, 4) is 5.75 Å². The number of hydrogen-bond acceptors (Lipinski definition) is 3. The highest BCUT2D eigenvalue weighted by Crippen LogP contribution is 2.27. The Labute approximate surface area is 196 Å². The lowest BCUT2D eigenvalue weighted by Crippen LogP contribution is -2.45. The van der Waals surface area contributed by atoms with Crippen molar-refractivity contribution in [3.05, 3.63) is 30.1 Å². The van der Waals surface area contributed by atoms with Crippen LogP contribution in [0.25, 0.3) is 0 Å². The Morgan fingerprint density at radius 1 is 1.27 bits per heavy atom. The fraction of sp³-hybridized carbons (Fsp3) is 0.636. The predicted molar refractivity (Wildman–Crippen MR) is 128 cm³/mol. The summed E-state index contributed by atoms with van der Waals surface area (Å²) in [5.74, 6) is 1.65. The molecule has 1 amide bonds. The average Bonchev–Trinajstić information content (AvgIpc) is 3.40. The van der Waals surface area contributed by atoms with Crippen molar-refractivity contribution in [2.45, 2.75) is 58.1 Å². The molecular formula is C22H34FIN4O2. The third kappa shape index (κ3) is 7.28. The van der Waals surface area contributed by atoms with E-state index in [0.717, 1.165) is 44.9 Å². The van der Waals surface area contributed by atoms with Crippen LogP contribution < -0.4 is 15.4 Å². The summed E-state index contributed by atoms with van der Waals surface area (Å²) in [5.41, 5.74) is 0. The molecule has 2 atom stereocenters. The summed E-state index contributed by atoms with van der Waals surface area (Å²) in [7, 11) is 0. The van der Waals surface area contributed by atoms with Crippen LogP contribution in [0.4, 0.5) is 4.39 Å². The minimum atomic E-state index is -0.279. The number of hydrogen-bond donors (Lipinski definition) is 2. The maximum Gasteiger partial charge on any atom is 0.225 e. The molecule has 1 saturated carbocycles. The number of amides is 1. The van der Waals surface area contributed by atoms with E-state index in [-0.39, 0.29) is 47.9 Å². The summed E-state index contributed by atoms with van der Waals surface area (Å²) in [6.07, 6.45) is 5.25. The first-order chi connectivity index (χ1) is 14.0. The van der Waals surface area contributed by atoms with E-state index in [1.807, 2.05) is 18.7 Å². The minimum absolute atomic E-state index is 0. The van der Waals surface area contributed by atoms with Crippen molar-refractivity contribution >= 4 is 35.8 Å². The number of nitrogens with zero attached hydrogens (tertiary/aromatic N) is 2. The lowest BCUT2D eigenvalue weighted by Gasteiger charge is -2.22. The summed E-state index contributed by atoms with van der Waals surface area (Å²) >= 11 is 0. The van der Waals surface area contributed by atoms with Crippen molar-refractivity contribution in [1.82, 2.24) is 15.5 Å². The molecule has 1 aromatic carbocycles. The summed E-state index contributed by atoms with van der Waals surface area (Å²) in [5, 5.41) is 6.72. The zero-order valence-electron chi connectivity index (χ0n) is 17.9. The minimum Gasteiger partial charge on any atom is -0.489 e. The van der Waals surface area contributed by atoms with Gasteiger partial charge in [0.25, 0.3) is 0 Å². The molecule has 30 heavy (non-hydrogen) atoms. The van der Waals surface area contributed by atoms with Crippen LogP contribution in [0, 0.1) is 11.7 Å². The third-order valence-corrected chi connectivity index (χ3v) is 5.55. The monoisotopic (exact) mass is 532 g/mol. The second-order valence-corrected chi connectivity index (χ2v) is 8.00. The van der Waals surface area contributed by atoms with Gasteiger partial charge in [0.15, 0.2) is 5.96 Å². The molecule has 0 radical (unpaired) electrons. The molecule has 8 heteroatoms. The number of carbonyl (C=O) groups is 1. The molecule has 2 aliphatic rings. The molecule has 1 aromatic rings. The van der Waals surface area contributed by atoms with Gasteiger partial charge in [-0.15, -0.1) is 24.0 Å². The number of rotatable bonds is 7. The highest BCUT2D eigenvalue weighted by molar-refractivity contribution is 14.0. The quantitative estimate of drug-likeness (QED) is 0.320. The number of halogens is 2. The summed E-state index contributed by atoms with van der Waals surface area (Å²) < 4.78 is 18.8. The average molecular weight is 532 g/mol. The predicted octanol–water partition coefficient (Wildman–Crippen LogP) is 3.56. The fourth-order valence-electron chi connectivity index (χ4n) is 4.03. The number of ether oxygens (including phenoxy) is 1. The van der Waals surface area contributed by atoms with Gasteiger partial charge in [0.2, 0.25) is 5.91 Å². The lowest BCUT2D eigenvalue weighted by atomic mass is 10.1. The molecule has 1 heterocycles. The Kier molecular flexibility index (Phi) is 10.1. The van der Waals surface area contributed by atoms with Crippen LogP contribution in [0.15, 0.2) is 29.3 Å². The Morgan fingerprint density at radius 3 is 2.63 bits per heavy atom. The maximum absolute atomic E-state index is 13.0. The molecule has 0 aromatic heterocycles. The first-order valence-electron chi connectivity index (χ1n) is 10.8. The van der Waals surface area contributed by atoms with Crippen molar-refractivity contribution in [2.24, 2.45) is 10.9 Å². The number of aliphatic imine (C=N–C) groups is 1. The van der Waals surface area contributed by atoms with Gasteiger partial charge in [-0.05, 0) is 57.4 Å². The zero-order valence-corrected chi connectivity index (χ0v) is 20.2. The molecule has 1 aliphatic carbocycles. The van der Waals surface area contributed by atoms with Crippen molar-refractivity contribution in [2.75, 3.05) is 26.2 Å². The molecular weight excluding hydrogens is 498 g/mol. The Hall–Kier alpha value is -1.58. The van der Waals surface area contributed by atoms with Gasteiger partial charge in [-0.3, -0.25) is 4.79 Å². The smallest absolute Gasteiger partial charge is 0.225 e. The molecule has 168 valence electrons. The molecule has 0 bridgehead atoms. The number of nitrogens with one attached hydrogen (secondary N) is 2. The summed E-state index contributed by atoms with van der Waals surface area (Å²) in [6, 6.07) is 6.22. The Bertz CT molecular complexity index is 695.